The van der Waals surface area contributed by atoms with Gasteiger partial charge in [-0.15, -0.1) is 0 Å². The van der Waals surface area contributed by atoms with Crippen molar-refractivity contribution in [3.05, 3.63) is 29.3 Å². The smallest absolute Gasteiger partial charge is 0.296 e. The summed E-state index contributed by atoms with van der Waals surface area (Å²) in [5, 5.41) is 4.90. The van der Waals surface area contributed by atoms with E-state index in [0.29, 0.717) is 11.3 Å². The van der Waals surface area contributed by atoms with E-state index in [1.165, 1.54) is 0 Å². The van der Waals surface area contributed by atoms with E-state index in [9.17, 15) is 8.42 Å². The summed E-state index contributed by atoms with van der Waals surface area (Å²) in [6, 6.07) is 5.20. The highest BCUT2D eigenvalue weighted by atomic mass is 32.2. The Kier molecular flexibility index (Phi) is 3.90. The maximum absolute atomic E-state index is 10.9. The number of aryl methyl sites for hydroxylation is 1. The fourth-order valence-corrected chi connectivity index (χ4v) is 1.63. The molecule has 0 atom stereocenters. The van der Waals surface area contributed by atoms with Crippen molar-refractivity contribution in [2.75, 3.05) is 11.3 Å². The number of anilines is 1. The second-order valence-corrected chi connectivity index (χ2v) is 4.50. The van der Waals surface area contributed by atoms with Gasteiger partial charge in [-0.1, -0.05) is 17.9 Å². The fraction of sp³-hybridized carbons (Fsp3) is 0.200. The molecule has 0 aliphatic carbocycles. The Morgan fingerprint density at radius 1 is 1.44 bits per heavy atom. The molecule has 1 aromatic carbocycles. The quantitative estimate of drug-likeness (QED) is 0.629. The average Bonchev–Trinajstić information content (AvgIpc) is 2.14. The van der Waals surface area contributed by atoms with Gasteiger partial charge >= 0.3 is 0 Å². The summed E-state index contributed by atoms with van der Waals surface area (Å²) in [5.74, 6) is 5.42. The lowest BCUT2D eigenvalue weighted by Crippen LogP contribution is -2.22. The van der Waals surface area contributed by atoms with E-state index in [4.69, 9.17) is 10.9 Å². The summed E-state index contributed by atoms with van der Waals surface area (Å²) in [5.41, 5.74) is 7.06. The molecule has 0 unspecified atom stereocenters. The Bertz CT molecular complexity index is 541. The van der Waals surface area contributed by atoms with Gasteiger partial charge in [-0.2, -0.15) is 8.42 Å². The monoisotopic (exact) mass is 239 g/mol. The van der Waals surface area contributed by atoms with Gasteiger partial charge in [-0.05, 0) is 24.6 Å². The van der Waals surface area contributed by atoms with E-state index < -0.39 is 10.2 Å². The van der Waals surface area contributed by atoms with E-state index in [-0.39, 0.29) is 6.54 Å². The fourth-order valence-electron chi connectivity index (χ4n) is 1.15. The number of hydrogen-bond acceptors (Lipinski definition) is 3. The van der Waals surface area contributed by atoms with E-state index in [0.717, 1.165) is 5.56 Å². The van der Waals surface area contributed by atoms with Gasteiger partial charge in [0.15, 0.2) is 0 Å². The van der Waals surface area contributed by atoms with Crippen molar-refractivity contribution in [1.29, 1.82) is 0 Å². The Balaban J connectivity index is 3.18. The SMILES string of the molecule is Cc1ccc(C#CCN)c(NS(N)(=O)=O)c1. The van der Waals surface area contributed by atoms with Crippen LogP contribution in [0.1, 0.15) is 11.1 Å². The van der Waals surface area contributed by atoms with Crippen LogP contribution >= 0.6 is 0 Å². The lowest BCUT2D eigenvalue weighted by Gasteiger charge is -2.07. The van der Waals surface area contributed by atoms with Crippen LogP contribution in [0.4, 0.5) is 5.69 Å². The molecule has 5 N–H and O–H groups in total. The molecule has 0 heterocycles. The first kappa shape index (κ1) is 12.5. The molecule has 6 heteroatoms. The summed E-state index contributed by atoms with van der Waals surface area (Å²) in [7, 11) is -3.79. The lowest BCUT2D eigenvalue weighted by molar-refractivity contribution is 0.603. The van der Waals surface area contributed by atoms with Crippen LogP contribution in [-0.2, 0) is 10.2 Å². The van der Waals surface area contributed by atoms with Crippen molar-refractivity contribution < 1.29 is 8.42 Å². The zero-order valence-electron chi connectivity index (χ0n) is 8.82. The van der Waals surface area contributed by atoms with Crippen molar-refractivity contribution in [3.8, 4) is 11.8 Å². The first-order chi connectivity index (χ1) is 7.42. The Hall–Kier alpha value is -1.55. The topological polar surface area (TPSA) is 98.2 Å². The maximum Gasteiger partial charge on any atom is 0.296 e. The van der Waals surface area contributed by atoms with Crippen LogP contribution in [-0.4, -0.2) is 15.0 Å². The summed E-state index contributed by atoms with van der Waals surface area (Å²) < 4.78 is 24.1. The van der Waals surface area contributed by atoms with Crippen molar-refractivity contribution in [1.82, 2.24) is 0 Å². The molecule has 0 radical (unpaired) electrons. The number of nitrogens with two attached hydrogens (primary N) is 2. The highest BCUT2D eigenvalue weighted by molar-refractivity contribution is 7.90. The third-order valence-electron chi connectivity index (χ3n) is 1.75. The van der Waals surface area contributed by atoms with Crippen LogP contribution < -0.4 is 15.6 Å². The van der Waals surface area contributed by atoms with Gasteiger partial charge in [0, 0.05) is 5.56 Å². The predicted octanol–water partition coefficient (Wildman–Crippen LogP) is -0.0794. The van der Waals surface area contributed by atoms with Crippen LogP contribution in [0.2, 0.25) is 0 Å². The van der Waals surface area contributed by atoms with Gasteiger partial charge in [-0.3, -0.25) is 4.72 Å². The molecular weight excluding hydrogens is 226 g/mol. The molecule has 0 amide bonds. The molecule has 86 valence electrons. The van der Waals surface area contributed by atoms with Crippen LogP contribution in [0.25, 0.3) is 0 Å². The second-order valence-electron chi connectivity index (χ2n) is 3.20. The van der Waals surface area contributed by atoms with Crippen LogP contribution in [0.5, 0.6) is 0 Å². The minimum atomic E-state index is -3.79. The number of benzene rings is 1. The van der Waals surface area contributed by atoms with Gasteiger partial charge in [0.2, 0.25) is 0 Å². The van der Waals surface area contributed by atoms with Gasteiger partial charge in [0.1, 0.15) is 0 Å². The van der Waals surface area contributed by atoms with Gasteiger partial charge in [-0.25, -0.2) is 5.14 Å². The zero-order valence-corrected chi connectivity index (χ0v) is 9.64. The van der Waals surface area contributed by atoms with E-state index in [2.05, 4.69) is 16.6 Å². The molecule has 1 aromatic rings. The van der Waals surface area contributed by atoms with Crippen molar-refractivity contribution in [2.45, 2.75) is 6.92 Å². The Morgan fingerprint density at radius 2 is 2.12 bits per heavy atom. The van der Waals surface area contributed by atoms with E-state index in [1.54, 1.807) is 12.1 Å². The maximum atomic E-state index is 10.9. The number of hydrogen-bond donors (Lipinski definition) is 3. The van der Waals surface area contributed by atoms with Gasteiger partial charge in [0.05, 0.1) is 12.2 Å². The molecule has 16 heavy (non-hydrogen) atoms. The van der Waals surface area contributed by atoms with Gasteiger partial charge in [0.25, 0.3) is 10.2 Å². The first-order valence-electron chi connectivity index (χ1n) is 4.52. The largest absolute Gasteiger partial charge is 0.320 e. The summed E-state index contributed by atoms with van der Waals surface area (Å²) in [6.45, 7) is 2.05. The van der Waals surface area contributed by atoms with Crippen LogP contribution in [0.3, 0.4) is 0 Å². The molecule has 0 fully saturated rings. The normalized spacial score (nSPS) is 10.4. The van der Waals surface area contributed by atoms with Gasteiger partial charge < -0.3 is 5.73 Å². The Morgan fingerprint density at radius 3 is 2.69 bits per heavy atom. The molecule has 0 spiro atoms. The third kappa shape index (κ3) is 3.90. The summed E-state index contributed by atoms with van der Waals surface area (Å²) in [6.07, 6.45) is 0. The minimum absolute atomic E-state index is 0.211. The predicted molar refractivity (Wildman–Crippen MR) is 63.8 cm³/mol. The minimum Gasteiger partial charge on any atom is -0.320 e. The first-order valence-corrected chi connectivity index (χ1v) is 6.07. The summed E-state index contributed by atoms with van der Waals surface area (Å²) >= 11 is 0. The molecule has 0 aliphatic heterocycles. The molecule has 1 rings (SSSR count). The highest BCUT2D eigenvalue weighted by Gasteiger charge is 2.06. The molecule has 0 saturated carbocycles. The lowest BCUT2D eigenvalue weighted by atomic mass is 10.1. The van der Waals surface area contributed by atoms with Crippen molar-refractivity contribution in [3.63, 3.8) is 0 Å². The molecular formula is C10H13N3O2S. The Labute approximate surface area is 95.0 Å². The van der Waals surface area contributed by atoms with Crippen molar-refractivity contribution in [2.24, 2.45) is 10.9 Å². The molecule has 0 bridgehead atoms. The number of nitrogens with one attached hydrogen (secondary N) is 1. The second kappa shape index (κ2) is 4.99. The number of rotatable bonds is 2. The molecule has 0 aromatic heterocycles. The average molecular weight is 239 g/mol. The van der Waals surface area contributed by atoms with E-state index >= 15 is 0 Å². The van der Waals surface area contributed by atoms with Crippen LogP contribution in [0, 0.1) is 18.8 Å². The van der Waals surface area contributed by atoms with Crippen molar-refractivity contribution >= 4 is 15.9 Å². The molecule has 0 saturated heterocycles. The third-order valence-corrected chi connectivity index (χ3v) is 2.26. The van der Waals surface area contributed by atoms with E-state index in [1.807, 2.05) is 13.0 Å². The summed E-state index contributed by atoms with van der Waals surface area (Å²) in [4.78, 5) is 0. The van der Waals surface area contributed by atoms with Crippen LogP contribution in [0.15, 0.2) is 18.2 Å². The molecule has 0 aliphatic rings. The zero-order chi connectivity index (χ0) is 12.2. The standard InChI is InChI=1S/C10H13N3O2S/c1-8-4-5-9(3-2-6-11)10(7-8)13-16(12,14)15/h4-5,7,13H,6,11H2,1H3,(H2,12,14,15). The molecule has 5 nitrogen and oxygen atoms in total. The highest BCUT2D eigenvalue weighted by Crippen LogP contribution is 2.17.